The van der Waals surface area contributed by atoms with E-state index in [1.165, 1.54) is 26.4 Å². The number of carbonyl (C=O) groups is 1. The van der Waals surface area contributed by atoms with Crippen molar-refractivity contribution in [2.45, 2.75) is 64.7 Å². The summed E-state index contributed by atoms with van der Waals surface area (Å²) in [7, 11) is 1.54. The van der Waals surface area contributed by atoms with Crippen molar-refractivity contribution in [1.82, 2.24) is 9.88 Å². The number of carbonyl (C=O) groups excluding carboxylic acids is 1. The Morgan fingerprint density at radius 1 is 1.33 bits per heavy atom. The van der Waals surface area contributed by atoms with Crippen LogP contribution >= 0.6 is 0 Å². The van der Waals surface area contributed by atoms with Gasteiger partial charge in [-0.1, -0.05) is 12.8 Å². The topological polar surface area (TPSA) is 64.0 Å². The van der Waals surface area contributed by atoms with E-state index in [-0.39, 0.29) is 6.17 Å². The van der Waals surface area contributed by atoms with Crippen LogP contribution in [-0.4, -0.2) is 54.4 Å². The third-order valence-corrected chi connectivity index (χ3v) is 5.89. The fraction of sp³-hybridized carbons (Fsp3) is 0.667. The van der Waals surface area contributed by atoms with E-state index in [1.54, 1.807) is 12.3 Å². The molecule has 0 bridgehead atoms. The zero-order chi connectivity index (χ0) is 19.4. The van der Waals surface area contributed by atoms with Crippen LogP contribution in [0.4, 0.5) is 0 Å². The molecule has 2 heterocycles. The van der Waals surface area contributed by atoms with Crippen molar-refractivity contribution in [1.29, 1.82) is 0 Å². The minimum absolute atomic E-state index is 0.242. The molecule has 1 aliphatic carbocycles. The first-order valence-corrected chi connectivity index (χ1v) is 9.98. The van der Waals surface area contributed by atoms with E-state index in [0.29, 0.717) is 47.7 Å². The summed E-state index contributed by atoms with van der Waals surface area (Å²) >= 11 is 0. The molecular formula is C21H31N3O3. The molecule has 4 unspecified atom stereocenters. The van der Waals surface area contributed by atoms with Crippen LogP contribution in [0.2, 0.25) is 0 Å². The summed E-state index contributed by atoms with van der Waals surface area (Å²) in [6.07, 6.45) is 9.61. The number of hydrogen-bond donors (Lipinski definition) is 0. The quantitative estimate of drug-likeness (QED) is 0.683. The van der Waals surface area contributed by atoms with Crippen molar-refractivity contribution in [3.63, 3.8) is 0 Å². The smallest absolute Gasteiger partial charge is 0.213 e. The molecule has 1 aromatic heterocycles. The molecule has 1 aromatic rings. The monoisotopic (exact) mass is 373 g/mol. The maximum Gasteiger partial charge on any atom is 0.213 e. The lowest BCUT2D eigenvalue weighted by atomic mass is 9.75. The van der Waals surface area contributed by atoms with Gasteiger partial charge in [-0.3, -0.25) is 14.7 Å². The Morgan fingerprint density at radius 2 is 2.11 bits per heavy atom. The second-order valence-electron chi connectivity index (χ2n) is 7.86. The molecule has 1 saturated carbocycles. The molecule has 1 aliphatic heterocycles. The highest BCUT2D eigenvalue weighted by molar-refractivity contribution is 5.79. The second kappa shape index (κ2) is 8.83. The van der Waals surface area contributed by atoms with Gasteiger partial charge in [0.1, 0.15) is 5.75 Å². The van der Waals surface area contributed by atoms with E-state index < -0.39 is 0 Å². The number of methoxy groups -OCH3 is 1. The number of aromatic nitrogens is 1. The Morgan fingerprint density at radius 3 is 2.81 bits per heavy atom. The van der Waals surface area contributed by atoms with Crippen molar-refractivity contribution in [2.75, 3.05) is 13.7 Å². The van der Waals surface area contributed by atoms with Crippen LogP contribution in [0.1, 0.15) is 56.8 Å². The lowest BCUT2D eigenvalue weighted by Crippen LogP contribution is -2.48. The van der Waals surface area contributed by atoms with Gasteiger partial charge in [0.15, 0.2) is 6.29 Å². The number of pyridine rings is 1. The molecule has 0 amide bonds. The predicted molar refractivity (Wildman–Crippen MR) is 106 cm³/mol. The summed E-state index contributed by atoms with van der Waals surface area (Å²) in [4.78, 5) is 22.8. The number of hydrogen-bond acceptors (Lipinski definition) is 6. The molecule has 4 atom stereocenters. The molecule has 1 fully saturated rings. The van der Waals surface area contributed by atoms with Crippen molar-refractivity contribution < 1.29 is 14.3 Å². The fourth-order valence-electron chi connectivity index (χ4n) is 4.58. The number of ether oxygens (including phenoxy) is 2. The SMILES string of the molecule is COc1cc(C=O)c(OCC2CCCCC2C2C=NC(C)N2C(C)C)cn1. The minimum atomic E-state index is 0.242. The first kappa shape index (κ1) is 19.8. The summed E-state index contributed by atoms with van der Waals surface area (Å²) in [5.74, 6) is 1.93. The minimum Gasteiger partial charge on any atom is -0.491 e. The third-order valence-electron chi connectivity index (χ3n) is 5.89. The third kappa shape index (κ3) is 4.32. The standard InChI is InChI=1S/C21H31N3O3/c1-14(2)24-15(3)22-10-19(24)18-8-6-5-7-16(18)13-27-20-11-23-21(26-4)9-17(20)12-25/h9-12,14-16,18-19H,5-8,13H2,1-4H3. The van der Waals surface area contributed by atoms with Gasteiger partial charge in [0.2, 0.25) is 5.88 Å². The van der Waals surface area contributed by atoms with Gasteiger partial charge in [0.25, 0.3) is 0 Å². The average molecular weight is 373 g/mol. The molecule has 2 aliphatic rings. The Hall–Kier alpha value is -1.95. The zero-order valence-electron chi connectivity index (χ0n) is 16.8. The zero-order valence-corrected chi connectivity index (χ0v) is 16.8. The van der Waals surface area contributed by atoms with Crippen LogP contribution < -0.4 is 9.47 Å². The summed E-state index contributed by atoms with van der Waals surface area (Å²) in [6, 6.07) is 2.45. The van der Waals surface area contributed by atoms with E-state index in [1.807, 2.05) is 0 Å². The molecule has 3 rings (SSSR count). The van der Waals surface area contributed by atoms with E-state index in [4.69, 9.17) is 9.47 Å². The number of rotatable bonds is 7. The molecule has 6 heteroatoms. The maximum absolute atomic E-state index is 11.4. The number of aldehydes is 1. The van der Waals surface area contributed by atoms with Gasteiger partial charge in [0.05, 0.1) is 37.7 Å². The molecule has 6 nitrogen and oxygen atoms in total. The second-order valence-corrected chi connectivity index (χ2v) is 7.86. The summed E-state index contributed by atoms with van der Waals surface area (Å²) < 4.78 is 11.2. The molecule has 0 N–H and O–H groups in total. The van der Waals surface area contributed by atoms with E-state index >= 15 is 0 Å². The van der Waals surface area contributed by atoms with Gasteiger partial charge in [-0.25, -0.2) is 4.98 Å². The first-order valence-electron chi connectivity index (χ1n) is 9.98. The van der Waals surface area contributed by atoms with Gasteiger partial charge in [-0.15, -0.1) is 0 Å². The van der Waals surface area contributed by atoms with Crippen molar-refractivity contribution in [3.8, 4) is 11.6 Å². The lowest BCUT2D eigenvalue weighted by Gasteiger charge is -2.41. The van der Waals surface area contributed by atoms with Gasteiger partial charge in [-0.05, 0) is 45.4 Å². The molecule has 0 radical (unpaired) electrons. The number of aliphatic imine (C=N–C) groups is 1. The van der Waals surface area contributed by atoms with Crippen LogP contribution in [-0.2, 0) is 0 Å². The Bertz CT molecular complexity index is 677. The fourth-order valence-corrected chi connectivity index (χ4v) is 4.58. The largest absolute Gasteiger partial charge is 0.491 e. The van der Waals surface area contributed by atoms with Crippen molar-refractivity contribution in [2.24, 2.45) is 16.8 Å². The highest BCUT2D eigenvalue weighted by Gasteiger charge is 2.39. The normalized spacial score (nSPS) is 28.5. The van der Waals surface area contributed by atoms with Crippen molar-refractivity contribution in [3.05, 3.63) is 17.8 Å². The van der Waals surface area contributed by atoms with Crippen molar-refractivity contribution >= 4 is 12.5 Å². The summed E-state index contributed by atoms with van der Waals surface area (Å²) in [5.41, 5.74) is 0.481. The van der Waals surface area contributed by atoms with E-state index in [9.17, 15) is 4.79 Å². The Kier molecular flexibility index (Phi) is 6.47. The molecule has 0 saturated heterocycles. The van der Waals surface area contributed by atoms with Gasteiger partial charge < -0.3 is 9.47 Å². The van der Waals surface area contributed by atoms with Crippen LogP contribution in [0.3, 0.4) is 0 Å². The van der Waals surface area contributed by atoms with Crippen LogP contribution in [0, 0.1) is 11.8 Å². The highest BCUT2D eigenvalue weighted by atomic mass is 16.5. The Labute approximate surface area is 162 Å². The number of nitrogens with zero attached hydrogens (tertiary/aromatic N) is 3. The van der Waals surface area contributed by atoms with Crippen LogP contribution in [0.25, 0.3) is 0 Å². The Balaban J connectivity index is 1.71. The predicted octanol–water partition coefficient (Wildman–Crippen LogP) is 3.60. The van der Waals surface area contributed by atoms with Crippen LogP contribution in [0.5, 0.6) is 11.6 Å². The van der Waals surface area contributed by atoms with E-state index in [0.717, 1.165) is 12.7 Å². The molecule has 0 aromatic carbocycles. The van der Waals surface area contributed by atoms with Gasteiger partial charge in [-0.2, -0.15) is 0 Å². The molecular weight excluding hydrogens is 342 g/mol. The average Bonchev–Trinajstić information content (AvgIpc) is 3.08. The van der Waals surface area contributed by atoms with E-state index in [2.05, 4.69) is 41.9 Å². The molecule has 148 valence electrons. The van der Waals surface area contributed by atoms with Crippen LogP contribution in [0.15, 0.2) is 17.3 Å². The highest BCUT2D eigenvalue weighted by Crippen LogP contribution is 2.37. The summed E-state index contributed by atoms with van der Waals surface area (Å²) in [6.45, 7) is 7.26. The molecule has 27 heavy (non-hydrogen) atoms. The first-order chi connectivity index (χ1) is 13.0. The molecule has 0 spiro atoms. The maximum atomic E-state index is 11.4. The lowest BCUT2D eigenvalue weighted by molar-refractivity contribution is 0.0624. The van der Waals surface area contributed by atoms with Gasteiger partial charge >= 0.3 is 0 Å². The van der Waals surface area contributed by atoms with Gasteiger partial charge in [0, 0.05) is 18.3 Å². The summed E-state index contributed by atoms with van der Waals surface area (Å²) in [5, 5.41) is 0.